The van der Waals surface area contributed by atoms with E-state index in [4.69, 9.17) is 14.7 Å². The first-order chi connectivity index (χ1) is 9.74. The fourth-order valence-corrected chi connectivity index (χ4v) is 2.03. The molecule has 0 aromatic heterocycles. The van der Waals surface area contributed by atoms with Crippen molar-refractivity contribution >= 4 is 17.3 Å². The lowest BCUT2D eigenvalue weighted by molar-refractivity contribution is -0.139. The summed E-state index contributed by atoms with van der Waals surface area (Å²) in [6.45, 7) is 2.00. The minimum Gasteiger partial charge on any atom is -0.489 e. The molecule has 0 bridgehead atoms. The third kappa shape index (κ3) is 3.32. The van der Waals surface area contributed by atoms with Crippen LogP contribution in [0.5, 0.6) is 5.75 Å². The average molecular weight is 275 g/mol. The van der Waals surface area contributed by atoms with Crippen LogP contribution in [-0.2, 0) is 9.53 Å². The van der Waals surface area contributed by atoms with E-state index in [-0.39, 0.29) is 12.5 Å². The number of esters is 1. The van der Waals surface area contributed by atoms with Crippen LogP contribution in [0, 0.1) is 11.3 Å². The number of hydrogen-bond donors (Lipinski definition) is 1. The molecule has 1 heterocycles. The van der Waals surface area contributed by atoms with Gasteiger partial charge in [0.1, 0.15) is 18.9 Å². The molecule has 0 atom stereocenters. The summed E-state index contributed by atoms with van der Waals surface area (Å²) in [6.07, 6.45) is 0.451. The van der Waals surface area contributed by atoms with Gasteiger partial charge < -0.3 is 19.7 Å². The Morgan fingerprint density at radius 3 is 3.20 bits per heavy atom. The Balaban J connectivity index is 2.09. The van der Waals surface area contributed by atoms with Gasteiger partial charge in [0.15, 0.2) is 0 Å². The summed E-state index contributed by atoms with van der Waals surface area (Å²) in [4.78, 5) is 13.3. The predicted octanol–water partition coefficient (Wildman–Crippen LogP) is 1.38. The first-order valence-corrected chi connectivity index (χ1v) is 6.44. The molecule has 1 N–H and O–H groups in total. The van der Waals surface area contributed by atoms with Crippen molar-refractivity contribution in [1.82, 2.24) is 0 Å². The smallest absolute Gasteiger partial charge is 0.325 e. The summed E-state index contributed by atoms with van der Waals surface area (Å²) in [5.41, 5.74) is 1.78. The van der Waals surface area contributed by atoms with Gasteiger partial charge in [-0.1, -0.05) is 0 Å². The third-order valence-corrected chi connectivity index (χ3v) is 3.03. The van der Waals surface area contributed by atoms with Crippen LogP contribution < -0.4 is 15.0 Å². The molecule has 1 aliphatic rings. The number of methoxy groups -OCH3 is 1. The van der Waals surface area contributed by atoms with Crippen molar-refractivity contribution in [1.29, 1.82) is 5.26 Å². The van der Waals surface area contributed by atoms with Gasteiger partial charge in [0.05, 0.1) is 31.8 Å². The molecule has 1 aromatic carbocycles. The zero-order valence-electron chi connectivity index (χ0n) is 11.4. The van der Waals surface area contributed by atoms with Gasteiger partial charge in [-0.25, -0.2) is 0 Å². The Kier molecular flexibility index (Phi) is 4.66. The van der Waals surface area contributed by atoms with Crippen LogP contribution >= 0.6 is 0 Å². The Morgan fingerprint density at radius 2 is 2.45 bits per heavy atom. The number of fused-ring (bicyclic) bond motifs is 1. The maximum atomic E-state index is 11.4. The van der Waals surface area contributed by atoms with E-state index in [9.17, 15) is 4.79 Å². The summed E-state index contributed by atoms with van der Waals surface area (Å²) in [5, 5.41) is 11.7. The van der Waals surface area contributed by atoms with Gasteiger partial charge in [0.2, 0.25) is 0 Å². The highest BCUT2D eigenvalue weighted by Crippen LogP contribution is 2.33. The zero-order valence-corrected chi connectivity index (χ0v) is 11.4. The maximum Gasteiger partial charge on any atom is 0.325 e. The molecule has 1 aliphatic heterocycles. The maximum absolute atomic E-state index is 11.4. The number of benzene rings is 1. The van der Waals surface area contributed by atoms with Crippen LogP contribution in [-0.4, -0.2) is 39.3 Å². The number of nitrogens with one attached hydrogen (secondary N) is 1. The van der Waals surface area contributed by atoms with E-state index >= 15 is 0 Å². The molecule has 0 amide bonds. The van der Waals surface area contributed by atoms with E-state index in [2.05, 4.69) is 11.4 Å². The second-order valence-electron chi connectivity index (χ2n) is 4.36. The average Bonchev–Trinajstić information content (AvgIpc) is 2.47. The summed E-state index contributed by atoms with van der Waals surface area (Å²) >= 11 is 0. The molecule has 0 radical (unpaired) electrons. The zero-order chi connectivity index (χ0) is 14.4. The molecule has 6 heteroatoms. The fraction of sp³-hybridized carbons (Fsp3) is 0.429. The number of hydrogen-bond acceptors (Lipinski definition) is 6. The molecular formula is C14H17N3O3. The second-order valence-corrected chi connectivity index (χ2v) is 4.36. The number of nitrogens with zero attached hydrogens (tertiary/aromatic N) is 2. The molecule has 20 heavy (non-hydrogen) atoms. The monoisotopic (exact) mass is 275 g/mol. The highest BCUT2D eigenvalue weighted by atomic mass is 16.5. The third-order valence-electron chi connectivity index (χ3n) is 3.03. The number of nitriles is 1. The van der Waals surface area contributed by atoms with Gasteiger partial charge in [-0.3, -0.25) is 4.79 Å². The van der Waals surface area contributed by atoms with Crippen molar-refractivity contribution in [3.8, 4) is 11.8 Å². The van der Waals surface area contributed by atoms with Gasteiger partial charge in [0.25, 0.3) is 0 Å². The van der Waals surface area contributed by atoms with Gasteiger partial charge in [0, 0.05) is 18.3 Å². The highest BCUT2D eigenvalue weighted by Gasteiger charge is 2.20. The van der Waals surface area contributed by atoms with Gasteiger partial charge >= 0.3 is 5.97 Å². The van der Waals surface area contributed by atoms with Crippen LogP contribution in [0.4, 0.5) is 11.4 Å². The van der Waals surface area contributed by atoms with Crippen molar-refractivity contribution in [2.75, 3.05) is 43.6 Å². The predicted molar refractivity (Wildman–Crippen MR) is 74.9 cm³/mol. The van der Waals surface area contributed by atoms with E-state index < -0.39 is 0 Å². The second kappa shape index (κ2) is 6.66. The molecule has 2 rings (SSSR count). The van der Waals surface area contributed by atoms with E-state index in [1.54, 1.807) is 0 Å². The molecule has 0 saturated heterocycles. The van der Waals surface area contributed by atoms with E-state index in [0.29, 0.717) is 26.1 Å². The summed E-state index contributed by atoms with van der Waals surface area (Å²) in [6, 6.07) is 7.79. The Hall–Kier alpha value is -2.42. The Bertz CT molecular complexity index is 525. The number of carbonyl (C=O) groups is 1. The quantitative estimate of drug-likeness (QED) is 0.646. The topological polar surface area (TPSA) is 74.6 Å². The van der Waals surface area contributed by atoms with Crippen molar-refractivity contribution < 1.29 is 14.3 Å². The largest absolute Gasteiger partial charge is 0.489 e. The highest BCUT2D eigenvalue weighted by molar-refractivity contribution is 5.78. The van der Waals surface area contributed by atoms with E-state index in [1.807, 2.05) is 23.1 Å². The van der Waals surface area contributed by atoms with Crippen LogP contribution in [0.15, 0.2) is 18.2 Å². The van der Waals surface area contributed by atoms with E-state index in [0.717, 1.165) is 17.1 Å². The summed E-state index contributed by atoms with van der Waals surface area (Å²) < 4.78 is 10.3. The lowest BCUT2D eigenvalue weighted by atomic mass is 10.2. The minimum absolute atomic E-state index is 0.216. The van der Waals surface area contributed by atoms with Crippen molar-refractivity contribution in [3.05, 3.63) is 18.2 Å². The number of carbonyl (C=O) groups excluding carboxylic acids is 1. The molecule has 0 spiro atoms. The standard InChI is InChI=1S/C14H17N3O3/c1-19-14(18)10-17-7-8-20-13-9-11(3-4-12(13)17)16-6-2-5-15/h3-4,9,16H,2,6-8,10H2,1H3. The minimum atomic E-state index is -0.269. The van der Waals surface area contributed by atoms with Crippen molar-refractivity contribution in [2.24, 2.45) is 0 Å². The molecule has 0 saturated carbocycles. The van der Waals surface area contributed by atoms with Gasteiger partial charge in [-0.05, 0) is 12.1 Å². The number of rotatable bonds is 5. The first kappa shape index (κ1) is 14.0. The summed E-state index contributed by atoms with van der Waals surface area (Å²) in [7, 11) is 1.38. The molecule has 0 unspecified atom stereocenters. The first-order valence-electron chi connectivity index (χ1n) is 6.44. The molecule has 0 aliphatic carbocycles. The molecular weight excluding hydrogens is 258 g/mol. The van der Waals surface area contributed by atoms with Gasteiger partial charge in [-0.15, -0.1) is 0 Å². The number of ether oxygens (including phenoxy) is 2. The van der Waals surface area contributed by atoms with Crippen LogP contribution in [0.2, 0.25) is 0 Å². The van der Waals surface area contributed by atoms with Gasteiger partial charge in [-0.2, -0.15) is 5.26 Å². The number of anilines is 2. The normalized spacial score (nSPS) is 12.9. The lowest BCUT2D eigenvalue weighted by Crippen LogP contribution is -2.37. The summed E-state index contributed by atoms with van der Waals surface area (Å²) in [5.74, 6) is 0.469. The molecule has 106 valence electrons. The molecule has 6 nitrogen and oxygen atoms in total. The molecule has 1 aromatic rings. The van der Waals surface area contributed by atoms with Crippen LogP contribution in [0.3, 0.4) is 0 Å². The fourth-order valence-electron chi connectivity index (χ4n) is 2.03. The lowest BCUT2D eigenvalue weighted by Gasteiger charge is -2.30. The molecule has 0 fully saturated rings. The Labute approximate surface area is 117 Å². The van der Waals surface area contributed by atoms with Crippen molar-refractivity contribution in [3.63, 3.8) is 0 Å². The Morgan fingerprint density at radius 1 is 1.60 bits per heavy atom. The van der Waals surface area contributed by atoms with Crippen molar-refractivity contribution in [2.45, 2.75) is 6.42 Å². The van der Waals surface area contributed by atoms with Crippen LogP contribution in [0.25, 0.3) is 0 Å². The SMILES string of the molecule is COC(=O)CN1CCOc2cc(NCCC#N)ccc21. The van der Waals surface area contributed by atoms with E-state index in [1.165, 1.54) is 7.11 Å². The van der Waals surface area contributed by atoms with Crippen LogP contribution in [0.1, 0.15) is 6.42 Å².